The van der Waals surface area contributed by atoms with Gasteiger partial charge in [0.05, 0.1) is 0 Å². The summed E-state index contributed by atoms with van der Waals surface area (Å²) in [5, 5.41) is 1.70. The third-order valence-corrected chi connectivity index (χ3v) is 2.70. The molecule has 0 saturated carbocycles. The molecule has 0 N–H and O–H groups in total. The number of aryl methyl sites for hydroxylation is 1. The lowest BCUT2D eigenvalue weighted by atomic mass is 10.2. The van der Waals surface area contributed by atoms with Crippen molar-refractivity contribution in [3.05, 3.63) is 45.5 Å². The first kappa shape index (κ1) is 9.48. The van der Waals surface area contributed by atoms with Crippen molar-refractivity contribution in [1.82, 2.24) is 0 Å². The third kappa shape index (κ3) is 1.25. The Kier molecular flexibility index (Phi) is 1.85. The van der Waals surface area contributed by atoms with Gasteiger partial charge in [0.15, 0.2) is 0 Å². The summed E-state index contributed by atoms with van der Waals surface area (Å²) in [7, 11) is 0. The molecule has 0 radical (unpaired) electrons. The van der Waals surface area contributed by atoms with Crippen LogP contribution >= 0.6 is 11.6 Å². The van der Waals surface area contributed by atoms with Crippen molar-refractivity contribution < 1.29 is 8.83 Å². The van der Waals surface area contributed by atoms with Gasteiger partial charge in [-0.25, -0.2) is 4.79 Å². The molecule has 3 rings (SSSR count). The van der Waals surface area contributed by atoms with Crippen LogP contribution in [0.2, 0.25) is 5.02 Å². The van der Waals surface area contributed by atoms with E-state index in [1.54, 1.807) is 31.2 Å². The second-order valence-electron chi connectivity index (χ2n) is 3.63. The topological polar surface area (TPSA) is 43.4 Å². The lowest BCUT2D eigenvalue weighted by molar-refractivity contribution is 0.486. The van der Waals surface area contributed by atoms with Gasteiger partial charge in [-0.05, 0) is 25.1 Å². The molecular formula is C12H7ClO3. The molecule has 2 heterocycles. The van der Waals surface area contributed by atoms with Gasteiger partial charge in [-0.3, -0.25) is 0 Å². The number of hydrogen-bond donors (Lipinski definition) is 0. The zero-order valence-electron chi connectivity index (χ0n) is 8.41. The fraction of sp³-hybridized carbons (Fsp3) is 0.0833. The molecule has 0 aliphatic carbocycles. The normalized spacial score (nSPS) is 11.4. The summed E-state index contributed by atoms with van der Waals surface area (Å²) in [6.07, 6.45) is 0. The zero-order chi connectivity index (χ0) is 11.3. The Hall–Kier alpha value is -1.74. The van der Waals surface area contributed by atoms with Crippen LogP contribution < -0.4 is 5.63 Å². The van der Waals surface area contributed by atoms with E-state index in [0.29, 0.717) is 32.7 Å². The molecule has 0 unspecified atom stereocenters. The highest BCUT2D eigenvalue weighted by Crippen LogP contribution is 2.28. The molecular weight excluding hydrogens is 228 g/mol. The van der Waals surface area contributed by atoms with E-state index in [0.717, 1.165) is 0 Å². The van der Waals surface area contributed by atoms with E-state index in [2.05, 4.69) is 0 Å². The molecule has 16 heavy (non-hydrogen) atoms. The zero-order valence-corrected chi connectivity index (χ0v) is 9.17. The van der Waals surface area contributed by atoms with Crippen LogP contribution in [0.5, 0.6) is 0 Å². The summed E-state index contributed by atoms with van der Waals surface area (Å²) in [5.41, 5.74) is 0.777. The Bertz CT molecular complexity index is 752. The molecule has 0 spiro atoms. The predicted molar refractivity (Wildman–Crippen MR) is 62.0 cm³/mol. The van der Waals surface area contributed by atoms with E-state index in [1.165, 1.54) is 0 Å². The van der Waals surface area contributed by atoms with Gasteiger partial charge in [0.25, 0.3) is 0 Å². The summed E-state index contributed by atoms with van der Waals surface area (Å²) in [6.45, 7) is 1.71. The number of furan rings is 1. The van der Waals surface area contributed by atoms with E-state index >= 15 is 0 Å². The fourth-order valence-electron chi connectivity index (χ4n) is 1.81. The highest BCUT2D eigenvalue weighted by atomic mass is 35.5. The van der Waals surface area contributed by atoms with Crippen molar-refractivity contribution in [2.75, 3.05) is 0 Å². The van der Waals surface area contributed by atoms with Gasteiger partial charge in [-0.2, -0.15) is 0 Å². The van der Waals surface area contributed by atoms with E-state index < -0.39 is 5.63 Å². The minimum Gasteiger partial charge on any atom is -0.456 e. The molecule has 4 heteroatoms. The Labute approximate surface area is 95.2 Å². The van der Waals surface area contributed by atoms with Crippen LogP contribution in [0.4, 0.5) is 0 Å². The third-order valence-electron chi connectivity index (χ3n) is 2.47. The largest absolute Gasteiger partial charge is 0.456 e. The number of rotatable bonds is 0. The van der Waals surface area contributed by atoms with Crippen molar-refractivity contribution in [3.63, 3.8) is 0 Å². The summed E-state index contributed by atoms with van der Waals surface area (Å²) in [4.78, 5) is 11.7. The highest BCUT2D eigenvalue weighted by molar-refractivity contribution is 6.31. The molecule has 0 saturated heterocycles. The number of hydrogen-bond acceptors (Lipinski definition) is 3. The molecule has 1 aromatic carbocycles. The van der Waals surface area contributed by atoms with Gasteiger partial charge in [-0.1, -0.05) is 11.6 Å². The first-order valence-corrected chi connectivity index (χ1v) is 5.15. The average molecular weight is 235 g/mol. The lowest BCUT2D eigenvalue weighted by Crippen LogP contribution is -1.98. The monoisotopic (exact) mass is 234 g/mol. The highest BCUT2D eigenvalue weighted by Gasteiger charge is 2.12. The van der Waals surface area contributed by atoms with Gasteiger partial charge >= 0.3 is 5.63 Å². The second kappa shape index (κ2) is 3.12. The molecule has 0 amide bonds. The molecule has 0 fully saturated rings. The van der Waals surface area contributed by atoms with E-state index in [1.807, 2.05) is 0 Å². The van der Waals surface area contributed by atoms with E-state index in [-0.39, 0.29) is 0 Å². The van der Waals surface area contributed by atoms with Gasteiger partial charge < -0.3 is 8.83 Å². The SMILES string of the molecule is Cc1cc2oc3ccc(Cl)cc3c2c(=O)o1. The molecule has 0 atom stereocenters. The molecule has 0 aliphatic rings. The Morgan fingerprint density at radius 1 is 1.12 bits per heavy atom. The van der Waals surface area contributed by atoms with E-state index in [9.17, 15) is 4.79 Å². The van der Waals surface area contributed by atoms with Crippen LogP contribution in [0.15, 0.2) is 37.9 Å². The molecule has 80 valence electrons. The Morgan fingerprint density at radius 2 is 1.94 bits per heavy atom. The lowest BCUT2D eigenvalue weighted by Gasteiger charge is -1.90. The van der Waals surface area contributed by atoms with Crippen LogP contribution in [0.25, 0.3) is 21.9 Å². The minimum absolute atomic E-state index is 0.393. The summed E-state index contributed by atoms with van der Waals surface area (Å²) >= 11 is 5.89. The standard InChI is InChI=1S/C12H7ClO3/c1-6-4-10-11(12(14)15-6)8-5-7(13)2-3-9(8)16-10/h2-5H,1H3. The van der Waals surface area contributed by atoms with Gasteiger partial charge in [-0.15, -0.1) is 0 Å². The van der Waals surface area contributed by atoms with Crippen molar-refractivity contribution in [2.24, 2.45) is 0 Å². The van der Waals surface area contributed by atoms with Crippen LogP contribution in [0, 0.1) is 6.92 Å². The van der Waals surface area contributed by atoms with E-state index in [4.69, 9.17) is 20.4 Å². The summed E-state index contributed by atoms with van der Waals surface area (Å²) < 4.78 is 10.6. The Balaban J connectivity index is 2.63. The molecule has 3 aromatic rings. The summed E-state index contributed by atoms with van der Waals surface area (Å²) in [5.74, 6) is 0.530. The molecule has 2 aromatic heterocycles. The number of benzene rings is 1. The van der Waals surface area contributed by atoms with Crippen molar-refractivity contribution in [2.45, 2.75) is 6.92 Å². The van der Waals surface area contributed by atoms with Crippen LogP contribution in [-0.4, -0.2) is 0 Å². The van der Waals surface area contributed by atoms with Gasteiger partial charge in [0, 0.05) is 16.5 Å². The van der Waals surface area contributed by atoms with Crippen LogP contribution in [0.3, 0.4) is 0 Å². The van der Waals surface area contributed by atoms with Crippen molar-refractivity contribution in [1.29, 1.82) is 0 Å². The minimum atomic E-state index is -0.393. The maximum atomic E-state index is 11.7. The first-order chi connectivity index (χ1) is 7.65. The average Bonchev–Trinajstić information content (AvgIpc) is 2.54. The molecule has 0 bridgehead atoms. The summed E-state index contributed by atoms with van der Waals surface area (Å²) in [6, 6.07) is 6.87. The van der Waals surface area contributed by atoms with Crippen LogP contribution in [-0.2, 0) is 0 Å². The first-order valence-electron chi connectivity index (χ1n) is 4.77. The maximum Gasteiger partial charge on any atom is 0.347 e. The predicted octanol–water partition coefficient (Wildman–Crippen LogP) is 3.50. The number of halogens is 1. The quantitative estimate of drug-likeness (QED) is 0.598. The van der Waals surface area contributed by atoms with Gasteiger partial charge in [0.1, 0.15) is 22.3 Å². The van der Waals surface area contributed by atoms with Crippen LogP contribution in [0.1, 0.15) is 5.76 Å². The second-order valence-corrected chi connectivity index (χ2v) is 4.06. The smallest absolute Gasteiger partial charge is 0.347 e. The van der Waals surface area contributed by atoms with Crippen molar-refractivity contribution >= 4 is 33.5 Å². The molecule has 0 aliphatic heterocycles. The Morgan fingerprint density at radius 3 is 2.75 bits per heavy atom. The maximum absolute atomic E-state index is 11.7. The van der Waals surface area contributed by atoms with Crippen molar-refractivity contribution in [3.8, 4) is 0 Å². The molecule has 3 nitrogen and oxygen atoms in total. The fourth-order valence-corrected chi connectivity index (χ4v) is 1.98. The number of fused-ring (bicyclic) bond motifs is 3. The van der Waals surface area contributed by atoms with Gasteiger partial charge in [0.2, 0.25) is 0 Å².